The molecule has 2 heterocycles. The van der Waals surface area contributed by atoms with Gasteiger partial charge in [-0.1, -0.05) is 23.0 Å². The van der Waals surface area contributed by atoms with Gasteiger partial charge in [-0.15, -0.1) is 10.2 Å². The first kappa shape index (κ1) is 11.2. The lowest BCUT2D eigenvalue weighted by Gasteiger charge is -2.08. The zero-order valence-corrected chi connectivity index (χ0v) is 9.98. The number of rotatable bonds is 4. The van der Waals surface area contributed by atoms with Crippen LogP contribution in [0.1, 0.15) is 35.7 Å². The Bertz CT molecular complexity index is 466. The quantitative estimate of drug-likeness (QED) is 0.850. The molecule has 0 aliphatic heterocycles. The summed E-state index contributed by atoms with van der Waals surface area (Å²) in [6.07, 6.45) is 2.63. The van der Waals surface area contributed by atoms with Crippen LogP contribution in [0.2, 0.25) is 0 Å². The molecule has 0 bridgehead atoms. The molecule has 0 aliphatic carbocycles. The molecule has 0 spiro atoms. The number of aryl methyl sites for hydroxylation is 2. The molecule has 0 radical (unpaired) electrons. The summed E-state index contributed by atoms with van der Waals surface area (Å²) in [5.41, 5.74) is 1.52. The highest BCUT2D eigenvalue weighted by Crippen LogP contribution is 2.26. The Labute approximate surface area is 97.1 Å². The minimum atomic E-state index is -0.735. The molecule has 2 aromatic heterocycles. The second-order valence-electron chi connectivity index (χ2n) is 3.52. The van der Waals surface area contributed by atoms with E-state index >= 15 is 0 Å². The molecule has 2 aromatic rings. The van der Waals surface area contributed by atoms with Crippen molar-refractivity contribution in [1.82, 2.24) is 24.6 Å². The van der Waals surface area contributed by atoms with E-state index in [1.54, 1.807) is 17.9 Å². The summed E-state index contributed by atoms with van der Waals surface area (Å²) in [5, 5.41) is 21.8. The van der Waals surface area contributed by atoms with E-state index in [2.05, 4.69) is 26.8 Å². The number of aromatic nitrogens is 5. The molecule has 6 nitrogen and oxygen atoms in total. The van der Waals surface area contributed by atoms with Crippen molar-refractivity contribution in [2.45, 2.75) is 25.9 Å². The van der Waals surface area contributed by atoms with Gasteiger partial charge in [-0.25, -0.2) is 4.68 Å². The average Bonchev–Trinajstić information content (AvgIpc) is 2.87. The van der Waals surface area contributed by atoms with Crippen molar-refractivity contribution >= 4 is 11.5 Å². The molecule has 0 saturated heterocycles. The van der Waals surface area contributed by atoms with Crippen LogP contribution >= 0.6 is 11.5 Å². The molecule has 0 aliphatic rings. The highest BCUT2D eigenvalue weighted by atomic mass is 32.1. The minimum Gasteiger partial charge on any atom is -0.381 e. The van der Waals surface area contributed by atoms with E-state index in [4.69, 9.17) is 0 Å². The molecule has 16 heavy (non-hydrogen) atoms. The second-order valence-corrected chi connectivity index (χ2v) is 4.30. The van der Waals surface area contributed by atoms with Gasteiger partial charge in [0, 0.05) is 7.05 Å². The summed E-state index contributed by atoms with van der Waals surface area (Å²) >= 11 is 1.22. The Morgan fingerprint density at radius 2 is 2.38 bits per heavy atom. The molecule has 86 valence electrons. The van der Waals surface area contributed by atoms with E-state index in [-0.39, 0.29) is 0 Å². The van der Waals surface area contributed by atoms with E-state index in [1.807, 2.05) is 0 Å². The second kappa shape index (κ2) is 4.67. The van der Waals surface area contributed by atoms with Crippen LogP contribution in [-0.2, 0) is 13.5 Å². The van der Waals surface area contributed by atoms with Crippen LogP contribution in [-0.4, -0.2) is 29.7 Å². The summed E-state index contributed by atoms with van der Waals surface area (Å²) in [5.74, 6) is 0. The molecule has 1 unspecified atom stereocenters. The predicted octanol–water partition coefficient (Wildman–Crippen LogP) is 0.701. The van der Waals surface area contributed by atoms with Gasteiger partial charge in [0.2, 0.25) is 0 Å². The summed E-state index contributed by atoms with van der Waals surface area (Å²) in [6.45, 7) is 2.07. The van der Waals surface area contributed by atoms with Crippen LogP contribution in [0, 0.1) is 0 Å². The third-order valence-electron chi connectivity index (χ3n) is 2.35. The largest absolute Gasteiger partial charge is 0.381 e. The Hall–Kier alpha value is -1.34. The number of nitrogens with zero attached hydrogens (tertiary/aromatic N) is 5. The number of hydrogen-bond acceptors (Lipinski definition) is 6. The fraction of sp³-hybridized carbons (Fsp3) is 0.556. The van der Waals surface area contributed by atoms with Gasteiger partial charge in [0.05, 0.1) is 22.5 Å². The van der Waals surface area contributed by atoms with Crippen LogP contribution < -0.4 is 0 Å². The van der Waals surface area contributed by atoms with Crippen molar-refractivity contribution in [2.75, 3.05) is 0 Å². The summed E-state index contributed by atoms with van der Waals surface area (Å²) in [4.78, 5) is 0.784. The fourth-order valence-corrected chi connectivity index (χ4v) is 2.21. The molecule has 0 fully saturated rings. The average molecular weight is 239 g/mol. The molecular formula is C9H13N5OS. The molecule has 1 atom stereocenters. The van der Waals surface area contributed by atoms with E-state index in [0.29, 0.717) is 5.69 Å². The maximum atomic E-state index is 10.2. The van der Waals surface area contributed by atoms with E-state index < -0.39 is 6.10 Å². The Balaban J connectivity index is 2.30. The summed E-state index contributed by atoms with van der Waals surface area (Å²) in [6, 6.07) is 0. The van der Waals surface area contributed by atoms with Gasteiger partial charge >= 0.3 is 0 Å². The molecule has 0 aromatic carbocycles. The minimum absolute atomic E-state index is 0.656. The standard InChI is InChI=1S/C9H13N5OS/c1-3-4-6-9(16-13-11-6)8(15)7-5-10-12-14(7)2/h5,8,15H,3-4H2,1-2H3. The maximum Gasteiger partial charge on any atom is 0.135 e. The van der Waals surface area contributed by atoms with Crippen molar-refractivity contribution < 1.29 is 5.11 Å². The fourth-order valence-electron chi connectivity index (χ4n) is 1.51. The normalized spacial score (nSPS) is 12.9. The lowest BCUT2D eigenvalue weighted by molar-refractivity contribution is 0.212. The topological polar surface area (TPSA) is 76.7 Å². The third-order valence-corrected chi connectivity index (χ3v) is 3.17. The van der Waals surface area contributed by atoms with Gasteiger partial charge in [-0.2, -0.15) is 0 Å². The van der Waals surface area contributed by atoms with Crippen molar-refractivity contribution in [3.8, 4) is 0 Å². The monoisotopic (exact) mass is 239 g/mol. The number of hydrogen-bond donors (Lipinski definition) is 1. The van der Waals surface area contributed by atoms with Crippen molar-refractivity contribution in [3.63, 3.8) is 0 Å². The van der Waals surface area contributed by atoms with E-state index in [1.165, 1.54) is 11.5 Å². The van der Waals surface area contributed by atoms with Crippen LogP contribution in [0.5, 0.6) is 0 Å². The molecule has 2 rings (SSSR count). The SMILES string of the molecule is CCCc1nnsc1C(O)c1cnnn1C. The van der Waals surface area contributed by atoms with Crippen LogP contribution in [0.25, 0.3) is 0 Å². The van der Waals surface area contributed by atoms with Crippen molar-refractivity contribution in [1.29, 1.82) is 0 Å². The van der Waals surface area contributed by atoms with Crippen molar-refractivity contribution in [2.24, 2.45) is 7.05 Å². The molecule has 0 amide bonds. The van der Waals surface area contributed by atoms with E-state index in [0.717, 1.165) is 23.4 Å². The number of aliphatic hydroxyl groups is 1. The maximum absolute atomic E-state index is 10.2. The van der Waals surface area contributed by atoms with Gasteiger partial charge in [-0.05, 0) is 18.0 Å². The molecule has 7 heteroatoms. The Morgan fingerprint density at radius 1 is 1.56 bits per heavy atom. The first-order valence-electron chi connectivity index (χ1n) is 5.07. The van der Waals surface area contributed by atoms with E-state index in [9.17, 15) is 5.11 Å². The first-order chi connectivity index (χ1) is 7.74. The van der Waals surface area contributed by atoms with Gasteiger partial charge in [-0.3, -0.25) is 0 Å². The third kappa shape index (κ3) is 1.96. The smallest absolute Gasteiger partial charge is 0.135 e. The highest BCUT2D eigenvalue weighted by molar-refractivity contribution is 7.05. The first-order valence-corrected chi connectivity index (χ1v) is 5.85. The van der Waals surface area contributed by atoms with Crippen LogP contribution in [0.15, 0.2) is 6.20 Å². The molecule has 1 N–H and O–H groups in total. The Morgan fingerprint density at radius 3 is 3.00 bits per heavy atom. The lowest BCUT2D eigenvalue weighted by atomic mass is 10.1. The summed E-state index contributed by atoms with van der Waals surface area (Å²) < 4.78 is 5.44. The zero-order valence-electron chi connectivity index (χ0n) is 9.16. The van der Waals surface area contributed by atoms with Crippen molar-refractivity contribution in [3.05, 3.63) is 22.5 Å². The Kier molecular flexibility index (Phi) is 3.25. The molecule has 0 saturated carbocycles. The summed E-state index contributed by atoms with van der Waals surface area (Å²) in [7, 11) is 1.75. The highest BCUT2D eigenvalue weighted by Gasteiger charge is 2.21. The van der Waals surface area contributed by atoms with Crippen LogP contribution in [0.3, 0.4) is 0 Å². The van der Waals surface area contributed by atoms with Gasteiger partial charge in [0.15, 0.2) is 0 Å². The molecular weight excluding hydrogens is 226 g/mol. The van der Waals surface area contributed by atoms with Gasteiger partial charge in [0.25, 0.3) is 0 Å². The lowest BCUT2D eigenvalue weighted by Crippen LogP contribution is -2.07. The van der Waals surface area contributed by atoms with Gasteiger partial charge in [0.1, 0.15) is 6.10 Å². The zero-order chi connectivity index (χ0) is 11.5. The van der Waals surface area contributed by atoms with Crippen LogP contribution in [0.4, 0.5) is 0 Å². The van der Waals surface area contributed by atoms with Gasteiger partial charge < -0.3 is 5.11 Å². The number of aliphatic hydroxyl groups excluding tert-OH is 1. The predicted molar refractivity (Wildman–Crippen MR) is 59.0 cm³/mol.